The number of halogens is 3. The van der Waals surface area contributed by atoms with E-state index in [0.29, 0.717) is 24.6 Å². The molecule has 198 valence electrons. The average molecular weight is 537 g/mol. The van der Waals surface area contributed by atoms with Crippen molar-refractivity contribution in [2.45, 2.75) is 46.3 Å². The van der Waals surface area contributed by atoms with Gasteiger partial charge in [0, 0.05) is 30.9 Å². The molecule has 0 bridgehead atoms. The summed E-state index contributed by atoms with van der Waals surface area (Å²) in [6.07, 6.45) is 2.63. The molecule has 1 amide bonds. The van der Waals surface area contributed by atoms with Crippen LogP contribution in [0.4, 0.5) is 13.2 Å². The van der Waals surface area contributed by atoms with Gasteiger partial charge in [-0.15, -0.1) is 11.3 Å². The number of thiazole rings is 1. The van der Waals surface area contributed by atoms with Crippen LogP contribution in [0, 0.1) is 6.92 Å². The van der Waals surface area contributed by atoms with Crippen LogP contribution >= 0.6 is 11.3 Å². The second-order valence-corrected chi connectivity index (χ2v) is 9.13. The predicted octanol–water partition coefficient (Wildman–Crippen LogP) is 4.91. The molecule has 0 radical (unpaired) electrons. The summed E-state index contributed by atoms with van der Waals surface area (Å²) < 4.78 is 35.7. The summed E-state index contributed by atoms with van der Waals surface area (Å²) in [6, 6.07) is 5.81. The van der Waals surface area contributed by atoms with Crippen LogP contribution in [0.15, 0.2) is 42.3 Å². The summed E-state index contributed by atoms with van der Waals surface area (Å²) in [6.45, 7) is 8.21. The van der Waals surface area contributed by atoms with E-state index in [1.165, 1.54) is 0 Å². The van der Waals surface area contributed by atoms with Gasteiger partial charge in [-0.3, -0.25) is 9.20 Å². The molecule has 0 saturated heterocycles. The minimum absolute atomic E-state index is 0.0294. The van der Waals surface area contributed by atoms with Crippen molar-refractivity contribution in [1.82, 2.24) is 28.8 Å². The number of aromatic nitrogens is 5. The van der Waals surface area contributed by atoms with Gasteiger partial charge in [-0.25, -0.2) is 19.7 Å². The monoisotopic (exact) mass is 536 g/mol. The number of pyridine rings is 1. The van der Waals surface area contributed by atoms with E-state index in [1.807, 2.05) is 58.3 Å². The Morgan fingerprint density at radius 2 is 1.92 bits per heavy atom. The molecule has 0 aliphatic rings. The number of carbonyl (C=O) groups excluding carboxylic acids is 1. The molecule has 0 atom stereocenters. The van der Waals surface area contributed by atoms with E-state index < -0.39 is 12.1 Å². The van der Waals surface area contributed by atoms with Crippen LogP contribution in [0.3, 0.4) is 0 Å². The number of carboxylic acid groups (broad SMARTS) is 1. The van der Waals surface area contributed by atoms with Crippen LogP contribution in [0.2, 0.25) is 0 Å². The zero-order valence-corrected chi connectivity index (χ0v) is 21.4. The molecule has 0 unspecified atom stereocenters. The van der Waals surface area contributed by atoms with Crippen molar-refractivity contribution >= 4 is 28.7 Å². The lowest BCUT2D eigenvalue weighted by molar-refractivity contribution is -0.192. The lowest BCUT2D eigenvalue weighted by Gasteiger charge is -2.19. The Bertz CT molecular complexity index is 1360. The third-order valence-electron chi connectivity index (χ3n) is 5.32. The molecule has 0 fully saturated rings. The van der Waals surface area contributed by atoms with E-state index in [-0.39, 0.29) is 5.91 Å². The Morgan fingerprint density at radius 3 is 2.51 bits per heavy atom. The number of fused-ring (bicyclic) bond motifs is 1. The van der Waals surface area contributed by atoms with Crippen molar-refractivity contribution in [3.63, 3.8) is 0 Å². The predicted molar refractivity (Wildman–Crippen MR) is 133 cm³/mol. The lowest BCUT2D eigenvalue weighted by atomic mass is 10.2. The molecule has 4 heterocycles. The highest BCUT2D eigenvalue weighted by atomic mass is 32.1. The number of aliphatic carboxylic acids is 1. The van der Waals surface area contributed by atoms with Gasteiger partial charge in [-0.1, -0.05) is 19.4 Å². The van der Waals surface area contributed by atoms with Gasteiger partial charge in [0.1, 0.15) is 5.69 Å². The summed E-state index contributed by atoms with van der Waals surface area (Å²) in [7, 11) is 0. The largest absolute Gasteiger partial charge is 0.490 e. The first-order valence-electron chi connectivity index (χ1n) is 11.5. The first kappa shape index (κ1) is 27.8. The molecule has 0 saturated carbocycles. The lowest BCUT2D eigenvalue weighted by Crippen LogP contribution is -2.32. The highest BCUT2D eigenvalue weighted by molar-refractivity contribution is 7.09. The van der Waals surface area contributed by atoms with E-state index in [9.17, 15) is 18.0 Å². The number of hydrogen-bond donors (Lipinski definition) is 1. The molecule has 0 aliphatic heterocycles. The second kappa shape index (κ2) is 12.0. The topological polar surface area (TPSA) is 106 Å². The fraction of sp³-hybridized carbons (Fsp3) is 0.375. The maximum atomic E-state index is 13.2. The Hall–Kier alpha value is -3.74. The van der Waals surface area contributed by atoms with Crippen LogP contribution in [-0.4, -0.2) is 65.1 Å². The normalized spacial score (nSPS) is 11.3. The van der Waals surface area contributed by atoms with Gasteiger partial charge < -0.3 is 14.6 Å². The summed E-state index contributed by atoms with van der Waals surface area (Å²) in [4.78, 5) is 37.8. The maximum Gasteiger partial charge on any atom is 0.490 e. The summed E-state index contributed by atoms with van der Waals surface area (Å²) in [5, 5.41) is 10.2. The number of rotatable bonds is 8. The molecule has 37 heavy (non-hydrogen) atoms. The number of nitrogens with zero attached hydrogens (tertiary/aromatic N) is 6. The SMILES string of the molecule is CCCCN(CC)C(=O)c1nc(-c2cn(Cc3csc(C)n3)cn2)n2ccccc12.O=C(O)C(F)(F)F. The number of unbranched alkanes of at least 4 members (excludes halogenated alkanes) is 1. The molecule has 1 N–H and O–H groups in total. The highest BCUT2D eigenvalue weighted by Crippen LogP contribution is 2.23. The Kier molecular flexibility index (Phi) is 9.03. The van der Waals surface area contributed by atoms with Crippen molar-refractivity contribution in [3.05, 3.63) is 58.7 Å². The van der Waals surface area contributed by atoms with Gasteiger partial charge >= 0.3 is 12.1 Å². The van der Waals surface area contributed by atoms with Gasteiger partial charge in [-0.05, 0) is 32.4 Å². The number of hydrogen-bond acceptors (Lipinski definition) is 6. The molecule has 0 aliphatic carbocycles. The standard InChI is InChI=1S/C22H26N6OS.C2HF3O2/c1-4-6-10-27(5-2)22(29)20-19-9-7-8-11-28(19)21(25-20)18-13-26(15-23-18)12-17-14-30-16(3)24-17;3-2(4,5)1(6)7/h7-9,11,13-15H,4-6,10,12H2,1-3H3;(H,6,7). The van der Waals surface area contributed by atoms with Crippen molar-refractivity contribution in [3.8, 4) is 11.5 Å². The van der Waals surface area contributed by atoms with E-state index in [4.69, 9.17) is 14.9 Å². The Labute approximate surface area is 215 Å². The number of alkyl halides is 3. The second-order valence-electron chi connectivity index (χ2n) is 8.07. The van der Waals surface area contributed by atoms with E-state index >= 15 is 0 Å². The molecule has 4 aromatic rings. The number of aryl methyl sites for hydroxylation is 1. The Morgan fingerprint density at radius 1 is 1.19 bits per heavy atom. The van der Waals surface area contributed by atoms with E-state index in [1.54, 1.807) is 17.7 Å². The summed E-state index contributed by atoms with van der Waals surface area (Å²) >= 11 is 1.64. The minimum Gasteiger partial charge on any atom is -0.475 e. The van der Waals surface area contributed by atoms with Gasteiger partial charge in [0.15, 0.2) is 11.5 Å². The summed E-state index contributed by atoms with van der Waals surface area (Å²) in [5.41, 5.74) is 3.03. The molecule has 13 heteroatoms. The van der Waals surface area contributed by atoms with Gasteiger partial charge in [-0.2, -0.15) is 13.2 Å². The van der Waals surface area contributed by atoms with Gasteiger partial charge in [0.05, 0.1) is 29.1 Å². The molecule has 9 nitrogen and oxygen atoms in total. The van der Waals surface area contributed by atoms with Crippen molar-refractivity contribution in [2.24, 2.45) is 0 Å². The van der Waals surface area contributed by atoms with Crippen molar-refractivity contribution < 1.29 is 27.9 Å². The first-order chi connectivity index (χ1) is 17.5. The fourth-order valence-electron chi connectivity index (χ4n) is 3.51. The Balaban J connectivity index is 0.000000479. The quantitative estimate of drug-likeness (QED) is 0.343. The number of carboxylic acids is 1. The van der Waals surface area contributed by atoms with Gasteiger partial charge in [0.2, 0.25) is 0 Å². The number of amides is 1. The summed E-state index contributed by atoms with van der Waals surface area (Å²) in [5.74, 6) is -2.11. The third-order valence-corrected chi connectivity index (χ3v) is 6.14. The zero-order chi connectivity index (χ0) is 27.2. The van der Waals surface area contributed by atoms with E-state index in [2.05, 4.69) is 22.3 Å². The van der Waals surface area contributed by atoms with Crippen LogP contribution in [-0.2, 0) is 11.3 Å². The third kappa shape index (κ3) is 6.94. The molecular weight excluding hydrogens is 509 g/mol. The maximum absolute atomic E-state index is 13.2. The molecule has 4 aromatic heterocycles. The number of carbonyl (C=O) groups is 2. The fourth-order valence-corrected chi connectivity index (χ4v) is 4.11. The van der Waals surface area contributed by atoms with Gasteiger partial charge in [0.25, 0.3) is 5.91 Å². The zero-order valence-electron chi connectivity index (χ0n) is 20.6. The molecule has 4 rings (SSSR count). The smallest absolute Gasteiger partial charge is 0.475 e. The first-order valence-corrected chi connectivity index (χ1v) is 12.4. The van der Waals surface area contributed by atoms with Crippen LogP contribution < -0.4 is 0 Å². The minimum atomic E-state index is -5.08. The van der Waals surface area contributed by atoms with Crippen molar-refractivity contribution in [1.29, 1.82) is 0 Å². The average Bonchev–Trinajstić information content (AvgIpc) is 3.58. The highest BCUT2D eigenvalue weighted by Gasteiger charge is 2.38. The van der Waals surface area contributed by atoms with Crippen LogP contribution in [0.25, 0.3) is 17.0 Å². The molecule has 0 aromatic carbocycles. The van der Waals surface area contributed by atoms with Crippen LogP contribution in [0.1, 0.15) is 47.9 Å². The number of imidazole rings is 2. The van der Waals surface area contributed by atoms with Crippen molar-refractivity contribution in [2.75, 3.05) is 13.1 Å². The molecular formula is C24H27F3N6O3S. The van der Waals surface area contributed by atoms with Crippen LogP contribution in [0.5, 0.6) is 0 Å². The van der Waals surface area contributed by atoms with E-state index in [0.717, 1.165) is 41.3 Å². The molecule has 0 spiro atoms.